The molecule has 0 saturated carbocycles. The lowest BCUT2D eigenvalue weighted by Gasteiger charge is -2.29. The maximum absolute atomic E-state index is 14.5. The number of hydrogen-bond acceptors (Lipinski definition) is 4. The number of aromatic nitrogens is 2. The molecule has 1 aliphatic rings. The van der Waals surface area contributed by atoms with E-state index in [1.807, 2.05) is 34.0 Å². The van der Waals surface area contributed by atoms with Crippen LogP contribution in [0.1, 0.15) is 12.0 Å². The fourth-order valence-electron chi connectivity index (χ4n) is 3.01. The summed E-state index contributed by atoms with van der Waals surface area (Å²) in [7, 11) is 1.73. The Labute approximate surface area is 182 Å². The zero-order chi connectivity index (χ0) is 18.9. The maximum Gasteiger partial charge on any atom is 0.191 e. The number of hydrogen-bond donors (Lipinski definition) is 2. The summed E-state index contributed by atoms with van der Waals surface area (Å²) in [6.07, 6.45) is 4.66. The summed E-state index contributed by atoms with van der Waals surface area (Å²) in [6, 6.07) is 7.30. The van der Waals surface area contributed by atoms with Gasteiger partial charge in [-0.2, -0.15) is 5.10 Å². The highest BCUT2D eigenvalue weighted by atomic mass is 127. The van der Waals surface area contributed by atoms with Gasteiger partial charge in [-0.05, 0) is 30.2 Å². The van der Waals surface area contributed by atoms with Gasteiger partial charge in [0.05, 0.1) is 18.9 Å². The number of guanidine groups is 1. The van der Waals surface area contributed by atoms with Crippen LogP contribution in [-0.4, -0.2) is 55.6 Å². The first-order valence-corrected chi connectivity index (χ1v) is 9.29. The second-order valence-corrected chi connectivity index (χ2v) is 6.36. The van der Waals surface area contributed by atoms with Crippen LogP contribution in [0.4, 0.5) is 10.1 Å². The molecule has 1 saturated heterocycles. The molecule has 1 aliphatic heterocycles. The summed E-state index contributed by atoms with van der Waals surface area (Å²) in [5.74, 6) is 0.506. The molecular formula is C19H28FIN6O. The lowest BCUT2D eigenvalue weighted by atomic mass is 10.1. The standard InChI is InChI=1S/C19H27FN6O.HI/c1-21-19(22-6-2-8-26-9-3-7-24-26)23-15-16-4-5-18(17(20)14-16)25-10-12-27-13-11-25;/h3-5,7,9,14H,2,6,8,10-13,15H2,1H3,(H2,21,22,23);1H. The molecule has 9 heteroatoms. The van der Waals surface area contributed by atoms with Crippen molar-refractivity contribution in [3.63, 3.8) is 0 Å². The van der Waals surface area contributed by atoms with E-state index in [1.165, 1.54) is 0 Å². The molecule has 0 radical (unpaired) electrons. The molecule has 2 aromatic rings. The molecule has 0 bridgehead atoms. The number of nitrogens with zero attached hydrogens (tertiary/aromatic N) is 4. The normalized spacial score (nSPS) is 14.5. The van der Waals surface area contributed by atoms with Crippen molar-refractivity contribution in [1.29, 1.82) is 0 Å². The van der Waals surface area contributed by atoms with Gasteiger partial charge in [-0.15, -0.1) is 24.0 Å². The van der Waals surface area contributed by atoms with Gasteiger partial charge in [0.2, 0.25) is 0 Å². The van der Waals surface area contributed by atoms with Crippen LogP contribution in [0.5, 0.6) is 0 Å². The maximum atomic E-state index is 14.5. The fraction of sp³-hybridized carbons (Fsp3) is 0.474. The average Bonchev–Trinajstić information content (AvgIpc) is 3.22. The largest absolute Gasteiger partial charge is 0.378 e. The third-order valence-electron chi connectivity index (χ3n) is 4.46. The molecule has 28 heavy (non-hydrogen) atoms. The van der Waals surface area contributed by atoms with Crippen molar-refractivity contribution in [3.8, 4) is 0 Å². The van der Waals surface area contributed by atoms with Gasteiger partial charge in [-0.3, -0.25) is 9.67 Å². The van der Waals surface area contributed by atoms with Gasteiger partial charge in [0.15, 0.2) is 5.96 Å². The topological polar surface area (TPSA) is 66.7 Å². The van der Waals surface area contributed by atoms with Gasteiger partial charge in [0.25, 0.3) is 0 Å². The Kier molecular flexibility index (Phi) is 9.48. The SMILES string of the molecule is CN=C(NCCCn1cccn1)NCc1ccc(N2CCOCC2)c(F)c1.I. The molecule has 1 aromatic carbocycles. The third-order valence-corrected chi connectivity index (χ3v) is 4.46. The minimum absolute atomic E-state index is 0. The number of rotatable bonds is 7. The molecule has 154 valence electrons. The van der Waals surface area contributed by atoms with Gasteiger partial charge in [0, 0.05) is 52.2 Å². The average molecular weight is 502 g/mol. The van der Waals surface area contributed by atoms with Crippen molar-refractivity contribution in [1.82, 2.24) is 20.4 Å². The molecule has 0 unspecified atom stereocenters. The smallest absolute Gasteiger partial charge is 0.191 e. The summed E-state index contributed by atoms with van der Waals surface area (Å²) in [5, 5.41) is 10.7. The van der Waals surface area contributed by atoms with Gasteiger partial charge < -0.3 is 20.3 Å². The Hall–Kier alpha value is -1.88. The van der Waals surface area contributed by atoms with Crippen LogP contribution in [0.2, 0.25) is 0 Å². The molecule has 0 aliphatic carbocycles. The van der Waals surface area contributed by atoms with Gasteiger partial charge in [0.1, 0.15) is 5.82 Å². The van der Waals surface area contributed by atoms with Crippen LogP contribution in [0.25, 0.3) is 0 Å². The predicted molar refractivity (Wildman–Crippen MR) is 120 cm³/mol. The van der Waals surface area contributed by atoms with Crippen LogP contribution in [0.15, 0.2) is 41.7 Å². The Morgan fingerprint density at radius 3 is 2.79 bits per heavy atom. The van der Waals surface area contributed by atoms with Crippen molar-refractivity contribution in [3.05, 3.63) is 48.0 Å². The molecule has 3 rings (SSSR count). The number of halogens is 2. The van der Waals surface area contributed by atoms with Crippen LogP contribution < -0.4 is 15.5 Å². The van der Waals surface area contributed by atoms with Crippen LogP contribution >= 0.6 is 24.0 Å². The van der Waals surface area contributed by atoms with Crippen molar-refractivity contribution in [2.24, 2.45) is 4.99 Å². The van der Waals surface area contributed by atoms with E-state index < -0.39 is 0 Å². The number of anilines is 1. The minimum Gasteiger partial charge on any atom is -0.378 e. The van der Waals surface area contributed by atoms with Crippen molar-refractivity contribution in [2.75, 3.05) is 44.8 Å². The molecule has 0 atom stereocenters. The first-order valence-electron chi connectivity index (χ1n) is 9.29. The van der Waals surface area contributed by atoms with Gasteiger partial charge >= 0.3 is 0 Å². The van der Waals surface area contributed by atoms with Gasteiger partial charge in [-0.25, -0.2) is 4.39 Å². The Bertz CT molecular complexity index is 734. The lowest BCUT2D eigenvalue weighted by Crippen LogP contribution is -2.38. The minimum atomic E-state index is -0.196. The summed E-state index contributed by atoms with van der Waals surface area (Å²) in [4.78, 5) is 6.23. The quantitative estimate of drug-likeness (QED) is 0.263. The number of ether oxygens (including phenoxy) is 1. The monoisotopic (exact) mass is 502 g/mol. The Morgan fingerprint density at radius 1 is 1.29 bits per heavy atom. The highest BCUT2D eigenvalue weighted by Gasteiger charge is 2.15. The fourth-order valence-corrected chi connectivity index (χ4v) is 3.01. The van der Waals surface area contributed by atoms with Crippen LogP contribution in [0, 0.1) is 5.82 Å². The van der Waals surface area contributed by atoms with E-state index in [0.29, 0.717) is 31.4 Å². The number of aryl methyl sites for hydroxylation is 1. The predicted octanol–water partition coefficient (Wildman–Crippen LogP) is 2.23. The molecule has 1 aromatic heterocycles. The molecule has 2 N–H and O–H groups in total. The lowest BCUT2D eigenvalue weighted by molar-refractivity contribution is 0.122. The third kappa shape index (κ3) is 6.62. The van der Waals surface area contributed by atoms with Crippen molar-refractivity contribution >= 4 is 35.6 Å². The number of aliphatic imine (C=N–C) groups is 1. The molecule has 0 spiro atoms. The van der Waals surface area contributed by atoms with E-state index in [9.17, 15) is 4.39 Å². The van der Waals surface area contributed by atoms with Crippen LogP contribution in [0.3, 0.4) is 0 Å². The van der Waals surface area contributed by atoms with Crippen molar-refractivity contribution in [2.45, 2.75) is 19.5 Å². The summed E-state index contributed by atoms with van der Waals surface area (Å²) >= 11 is 0. The second kappa shape index (κ2) is 11.8. The van der Waals surface area contributed by atoms with Crippen LogP contribution in [-0.2, 0) is 17.8 Å². The molecule has 7 nitrogen and oxygen atoms in total. The Morgan fingerprint density at radius 2 is 2.11 bits per heavy atom. The number of nitrogens with one attached hydrogen (secondary N) is 2. The first kappa shape index (κ1) is 22.4. The number of morpholine rings is 1. The van der Waals surface area contributed by atoms with E-state index in [0.717, 1.165) is 38.2 Å². The van der Waals surface area contributed by atoms with E-state index in [2.05, 4.69) is 20.7 Å². The molecule has 2 heterocycles. The van der Waals surface area contributed by atoms with E-state index in [-0.39, 0.29) is 29.8 Å². The van der Waals surface area contributed by atoms with E-state index in [1.54, 1.807) is 19.3 Å². The molecule has 0 amide bonds. The zero-order valence-electron chi connectivity index (χ0n) is 16.1. The Balaban J connectivity index is 0.00000280. The summed E-state index contributed by atoms with van der Waals surface area (Å²) in [6.45, 7) is 4.89. The number of benzene rings is 1. The van der Waals surface area contributed by atoms with E-state index in [4.69, 9.17) is 4.74 Å². The molecule has 1 fully saturated rings. The van der Waals surface area contributed by atoms with E-state index >= 15 is 0 Å². The molecular weight excluding hydrogens is 474 g/mol. The van der Waals surface area contributed by atoms with Crippen molar-refractivity contribution < 1.29 is 9.13 Å². The summed E-state index contributed by atoms with van der Waals surface area (Å²) < 4.78 is 21.7. The highest BCUT2D eigenvalue weighted by molar-refractivity contribution is 14.0. The highest BCUT2D eigenvalue weighted by Crippen LogP contribution is 2.21. The second-order valence-electron chi connectivity index (χ2n) is 6.36. The van der Waals surface area contributed by atoms with Gasteiger partial charge in [-0.1, -0.05) is 6.07 Å². The zero-order valence-corrected chi connectivity index (χ0v) is 18.4. The first-order chi connectivity index (χ1) is 13.3. The summed E-state index contributed by atoms with van der Waals surface area (Å²) in [5.41, 5.74) is 1.52.